The number of aromatic nitrogens is 1. The lowest BCUT2D eigenvalue weighted by molar-refractivity contribution is 0.251. The lowest BCUT2D eigenvalue weighted by Crippen LogP contribution is -2.28. The van der Waals surface area contributed by atoms with Gasteiger partial charge in [-0.15, -0.1) is 11.3 Å². The van der Waals surface area contributed by atoms with E-state index in [9.17, 15) is 4.79 Å². The molecule has 6 heteroatoms. The highest BCUT2D eigenvalue weighted by Gasteiger charge is 2.05. The quantitative estimate of drug-likeness (QED) is 0.738. The van der Waals surface area contributed by atoms with Gasteiger partial charge in [0.15, 0.2) is 0 Å². The fourth-order valence-corrected chi connectivity index (χ4v) is 3.07. The second-order valence-electron chi connectivity index (χ2n) is 4.85. The number of carbonyl (C=O) groups is 1. The summed E-state index contributed by atoms with van der Waals surface area (Å²) in [5, 5.41) is 7.34. The molecule has 2 N–H and O–H groups in total. The SMILES string of the molecule is Cc1nc2ccc(NC(=O)NCc3ccc(Cl)cc3)cc2s1. The Hall–Kier alpha value is -2.11. The molecule has 2 amide bonds. The van der Waals surface area contributed by atoms with Gasteiger partial charge in [0.1, 0.15) is 0 Å². The van der Waals surface area contributed by atoms with Gasteiger partial charge in [0.2, 0.25) is 0 Å². The molecule has 0 aliphatic rings. The number of carbonyl (C=O) groups excluding carboxylic acids is 1. The number of fused-ring (bicyclic) bond motifs is 1. The van der Waals surface area contributed by atoms with Crippen molar-refractivity contribution in [2.45, 2.75) is 13.5 Å². The maximum Gasteiger partial charge on any atom is 0.319 e. The minimum absolute atomic E-state index is 0.240. The lowest BCUT2D eigenvalue weighted by Gasteiger charge is -2.08. The number of aryl methyl sites for hydroxylation is 1. The van der Waals surface area contributed by atoms with Crippen molar-refractivity contribution in [3.63, 3.8) is 0 Å². The monoisotopic (exact) mass is 331 g/mol. The van der Waals surface area contributed by atoms with Crippen LogP contribution >= 0.6 is 22.9 Å². The molecule has 2 aromatic carbocycles. The Balaban J connectivity index is 1.61. The van der Waals surface area contributed by atoms with Gasteiger partial charge in [-0.2, -0.15) is 0 Å². The zero-order valence-corrected chi connectivity index (χ0v) is 13.5. The number of anilines is 1. The molecule has 0 bridgehead atoms. The summed E-state index contributed by atoms with van der Waals surface area (Å²) in [7, 11) is 0. The van der Waals surface area contributed by atoms with Crippen LogP contribution in [0.4, 0.5) is 10.5 Å². The standard InChI is InChI=1S/C16H14ClN3OS/c1-10-19-14-7-6-13(8-15(14)22-10)20-16(21)18-9-11-2-4-12(17)5-3-11/h2-8H,9H2,1H3,(H2,18,20,21). The van der Waals surface area contributed by atoms with Gasteiger partial charge in [-0.3, -0.25) is 0 Å². The molecule has 0 fully saturated rings. The van der Waals surface area contributed by atoms with Crippen LogP contribution in [0.25, 0.3) is 10.2 Å². The van der Waals surface area contributed by atoms with E-state index in [0.29, 0.717) is 11.6 Å². The van der Waals surface area contributed by atoms with Crippen LogP contribution in [0.2, 0.25) is 5.02 Å². The number of halogens is 1. The Bertz CT molecular complexity index is 814. The number of nitrogens with one attached hydrogen (secondary N) is 2. The first kappa shape index (κ1) is 14.8. The van der Waals surface area contributed by atoms with E-state index >= 15 is 0 Å². The fourth-order valence-electron chi connectivity index (χ4n) is 2.08. The summed E-state index contributed by atoms with van der Waals surface area (Å²) in [6, 6.07) is 12.8. The summed E-state index contributed by atoms with van der Waals surface area (Å²) >= 11 is 7.44. The van der Waals surface area contributed by atoms with Crippen molar-refractivity contribution < 1.29 is 4.79 Å². The molecule has 22 heavy (non-hydrogen) atoms. The van der Waals surface area contributed by atoms with Crippen LogP contribution in [0, 0.1) is 6.92 Å². The van der Waals surface area contributed by atoms with E-state index in [0.717, 1.165) is 26.5 Å². The Labute approximate surface area is 137 Å². The molecule has 0 saturated heterocycles. The van der Waals surface area contributed by atoms with E-state index in [4.69, 9.17) is 11.6 Å². The molecule has 0 unspecified atom stereocenters. The van der Waals surface area contributed by atoms with Crippen molar-refractivity contribution in [1.29, 1.82) is 0 Å². The van der Waals surface area contributed by atoms with E-state index in [2.05, 4.69) is 15.6 Å². The number of nitrogens with zero attached hydrogens (tertiary/aromatic N) is 1. The predicted molar refractivity (Wildman–Crippen MR) is 91.7 cm³/mol. The van der Waals surface area contributed by atoms with Crippen LogP contribution in [0.5, 0.6) is 0 Å². The van der Waals surface area contributed by atoms with Crippen LogP contribution < -0.4 is 10.6 Å². The summed E-state index contributed by atoms with van der Waals surface area (Å²) in [6.45, 7) is 2.42. The highest BCUT2D eigenvalue weighted by Crippen LogP contribution is 2.24. The molecule has 0 saturated carbocycles. The summed E-state index contributed by atoms with van der Waals surface area (Å²) in [5.74, 6) is 0. The molecule has 1 aromatic heterocycles. The Morgan fingerprint density at radius 2 is 2.00 bits per heavy atom. The van der Waals surface area contributed by atoms with Crippen molar-refractivity contribution in [1.82, 2.24) is 10.3 Å². The topological polar surface area (TPSA) is 54.0 Å². The van der Waals surface area contributed by atoms with E-state index in [1.165, 1.54) is 0 Å². The summed E-state index contributed by atoms with van der Waals surface area (Å²) in [6.07, 6.45) is 0. The van der Waals surface area contributed by atoms with Gasteiger partial charge in [-0.25, -0.2) is 9.78 Å². The molecule has 0 spiro atoms. The first-order valence-corrected chi connectivity index (χ1v) is 7.96. The van der Waals surface area contributed by atoms with Crippen molar-refractivity contribution in [2.75, 3.05) is 5.32 Å². The number of rotatable bonds is 3. The largest absolute Gasteiger partial charge is 0.334 e. The molecule has 3 aromatic rings. The third kappa shape index (κ3) is 3.55. The van der Waals surface area contributed by atoms with Gasteiger partial charge in [0.05, 0.1) is 15.2 Å². The Morgan fingerprint density at radius 3 is 2.77 bits per heavy atom. The van der Waals surface area contributed by atoms with Gasteiger partial charge in [-0.05, 0) is 42.8 Å². The molecule has 0 atom stereocenters. The second-order valence-corrected chi connectivity index (χ2v) is 6.52. The van der Waals surface area contributed by atoms with Crippen molar-refractivity contribution in [3.05, 3.63) is 58.1 Å². The van der Waals surface area contributed by atoms with E-state index in [1.807, 2.05) is 37.3 Å². The molecular formula is C16H14ClN3OS. The molecule has 4 nitrogen and oxygen atoms in total. The molecule has 1 heterocycles. The maximum absolute atomic E-state index is 11.9. The number of hydrogen-bond donors (Lipinski definition) is 2. The highest BCUT2D eigenvalue weighted by atomic mass is 35.5. The van der Waals surface area contributed by atoms with Gasteiger partial charge in [0, 0.05) is 17.3 Å². The first-order valence-electron chi connectivity index (χ1n) is 6.77. The fraction of sp³-hybridized carbons (Fsp3) is 0.125. The van der Waals surface area contributed by atoms with E-state index in [1.54, 1.807) is 23.5 Å². The molecule has 0 aliphatic heterocycles. The van der Waals surface area contributed by atoms with E-state index in [-0.39, 0.29) is 6.03 Å². The minimum Gasteiger partial charge on any atom is -0.334 e. The average Bonchev–Trinajstić information content (AvgIpc) is 2.86. The van der Waals surface area contributed by atoms with E-state index < -0.39 is 0 Å². The van der Waals surface area contributed by atoms with Crippen LogP contribution in [-0.4, -0.2) is 11.0 Å². The van der Waals surface area contributed by atoms with Gasteiger partial charge < -0.3 is 10.6 Å². The van der Waals surface area contributed by atoms with Crippen molar-refractivity contribution in [2.24, 2.45) is 0 Å². The molecule has 3 rings (SSSR count). The number of thiazole rings is 1. The number of urea groups is 1. The Morgan fingerprint density at radius 1 is 1.23 bits per heavy atom. The number of hydrogen-bond acceptors (Lipinski definition) is 3. The molecule has 0 radical (unpaired) electrons. The zero-order valence-electron chi connectivity index (χ0n) is 11.9. The van der Waals surface area contributed by atoms with Gasteiger partial charge >= 0.3 is 6.03 Å². The highest BCUT2D eigenvalue weighted by molar-refractivity contribution is 7.18. The predicted octanol–water partition coefficient (Wildman–Crippen LogP) is 4.58. The molecular weight excluding hydrogens is 318 g/mol. The number of amides is 2. The third-order valence-corrected chi connectivity index (χ3v) is 4.31. The molecule has 0 aliphatic carbocycles. The minimum atomic E-state index is -0.240. The Kier molecular flexibility index (Phi) is 4.27. The zero-order chi connectivity index (χ0) is 15.5. The summed E-state index contributed by atoms with van der Waals surface area (Å²) in [5.41, 5.74) is 2.70. The lowest BCUT2D eigenvalue weighted by atomic mass is 10.2. The third-order valence-electron chi connectivity index (χ3n) is 3.12. The van der Waals surface area contributed by atoms with Crippen LogP contribution in [-0.2, 0) is 6.54 Å². The summed E-state index contributed by atoms with van der Waals surface area (Å²) < 4.78 is 1.06. The smallest absolute Gasteiger partial charge is 0.319 e. The summed E-state index contributed by atoms with van der Waals surface area (Å²) in [4.78, 5) is 16.3. The average molecular weight is 332 g/mol. The van der Waals surface area contributed by atoms with Crippen molar-refractivity contribution >= 4 is 44.9 Å². The van der Waals surface area contributed by atoms with Gasteiger partial charge in [-0.1, -0.05) is 23.7 Å². The van der Waals surface area contributed by atoms with Crippen LogP contribution in [0.3, 0.4) is 0 Å². The molecule has 112 valence electrons. The van der Waals surface area contributed by atoms with Crippen LogP contribution in [0.1, 0.15) is 10.6 Å². The van der Waals surface area contributed by atoms with Crippen molar-refractivity contribution in [3.8, 4) is 0 Å². The van der Waals surface area contributed by atoms with Crippen LogP contribution in [0.15, 0.2) is 42.5 Å². The second kappa shape index (κ2) is 6.34. The van der Waals surface area contributed by atoms with Gasteiger partial charge in [0.25, 0.3) is 0 Å². The normalized spacial score (nSPS) is 10.6. The maximum atomic E-state index is 11.9. The first-order chi connectivity index (χ1) is 10.6. The number of benzene rings is 2.